The van der Waals surface area contributed by atoms with Crippen molar-refractivity contribution in [2.45, 2.75) is 156 Å². The summed E-state index contributed by atoms with van der Waals surface area (Å²) in [5.41, 5.74) is 4.31. The number of aryl methyl sites for hydroxylation is 2. The molecule has 0 aliphatic heterocycles. The summed E-state index contributed by atoms with van der Waals surface area (Å²) < 4.78 is 79.7. The zero-order chi connectivity index (χ0) is 90.0. The van der Waals surface area contributed by atoms with Gasteiger partial charge in [0.2, 0.25) is 0 Å². The number of unbranched alkanes of at least 4 members (excludes halogenated alkanes) is 8. The largest absolute Gasteiger partial charge is 0.497 e. The highest BCUT2D eigenvalue weighted by Crippen LogP contribution is 2.44. The number of esters is 8. The van der Waals surface area contributed by atoms with E-state index in [1.165, 1.54) is 17.4 Å². The molecule has 2 saturated carbocycles. The lowest BCUT2D eigenvalue weighted by atomic mass is 9.80. The number of methoxy groups -OCH3 is 4. The first-order valence-electron chi connectivity index (χ1n) is 41.7. The third-order valence-electron chi connectivity index (χ3n) is 20.0. The standard InChI is InChI=1S/C35H37NO7S.C17H22O5.C16H22O4.C15H18O5.C14H18O4/c1-18-5-6-19(2)31-26(18)17-29(41-31)33-36-30-27(42-34(39)24-11-7-22(8-12-24)20(3)37)15-16-28(32(30)44-33)43-35(40)25-13-9-23(10-14-25)21(4)38;1-3-16(18)21-12-6-4-5-7-13-22-17(19)14-8-10-15(20-2)11-9-14;1-3-16(17)20-13-7-5-4-6-12-19-15-10-8-14(18-2)9-11-15;1-3-14(16)19-10-4-5-11-20-15(17)12-6-8-13(18-2)9-7-12;1-3-14(15)18-11-5-4-10-17-13-8-6-12(16-2)7-9-13/h5-6,15-17,22-25H,7-14H2,1-4H3;3,8-11H,1,4-7,12-13H2,2H3;3,8-11H,1,4-7,12-13H2,2H3;3,6-9H,1,4-5,10-11H2,2H3;3,6-9H,1,4-5,10-11H2,2H3. The molecular weight excluding hydrogens is 1610 g/mol. The number of hydrogen-bond acceptors (Lipinski definition) is 27. The molecule has 2 aromatic heterocycles. The molecule has 6 aromatic carbocycles. The van der Waals surface area contributed by atoms with Crippen LogP contribution in [0.1, 0.15) is 174 Å². The van der Waals surface area contributed by atoms with Gasteiger partial charge in [-0.3, -0.25) is 19.2 Å². The second-order valence-electron chi connectivity index (χ2n) is 29.0. The van der Waals surface area contributed by atoms with Crippen molar-refractivity contribution in [1.82, 2.24) is 4.98 Å². The second-order valence-corrected chi connectivity index (χ2v) is 30.0. The lowest BCUT2D eigenvalue weighted by Gasteiger charge is -2.25. The van der Waals surface area contributed by atoms with Crippen molar-refractivity contribution in [1.29, 1.82) is 0 Å². The number of fused-ring (bicyclic) bond motifs is 2. The molecule has 124 heavy (non-hydrogen) atoms. The first-order valence-corrected chi connectivity index (χ1v) is 42.5. The van der Waals surface area contributed by atoms with Crippen LogP contribution in [0.4, 0.5) is 0 Å². The smallest absolute Gasteiger partial charge is 0.338 e. The molecule has 0 spiro atoms. The van der Waals surface area contributed by atoms with Crippen molar-refractivity contribution in [2.24, 2.45) is 23.7 Å². The highest BCUT2D eigenvalue weighted by molar-refractivity contribution is 7.22. The molecule has 0 atom stereocenters. The third-order valence-corrected chi connectivity index (χ3v) is 21.1. The Morgan fingerprint density at radius 3 is 1.04 bits per heavy atom. The number of Topliss-reactive ketones (excluding diaryl/α,β-unsaturated/α-hetero) is 2. The van der Waals surface area contributed by atoms with E-state index in [-0.39, 0.29) is 77.7 Å². The zero-order valence-corrected chi connectivity index (χ0v) is 73.2. The number of benzene rings is 6. The minimum atomic E-state index is -0.444. The van der Waals surface area contributed by atoms with Crippen molar-refractivity contribution >= 4 is 91.8 Å². The maximum Gasteiger partial charge on any atom is 0.338 e. The molecule has 2 aliphatic rings. The summed E-state index contributed by atoms with van der Waals surface area (Å²) in [5.74, 6) is 2.74. The fourth-order valence-corrected chi connectivity index (χ4v) is 13.7. The van der Waals surface area contributed by atoms with Gasteiger partial charge in [-0.1, -0.05) is 38.4 Å². The Bertz CT molecular complexity index is 4600. The van der Waals surface area contributed by atoms with Crippen LogP contribution in [-0.4, -0.2) is 146 Å². The van der Waals surface area contributed by atoms with Crippen LogP contribution in [0, 0.1) is 37.5 Å². The summed E-state index contributed by atoms with van der Waals surface area (Å²) in [6, 6.07) is 37.8. The maximum atomic E-state index is 13.2. The van der Waals surface area contributed by atoms with Gasteiger partial charge in [-0.2, -0.15) is 0 Å². The van der Waals surface area contributed by atoms with Gasteiger partial charge in [-0.15, -0.1) is 11.3 Å². The number of furan rings is 1. The SMILES string of the molecule is C=CC(=O)OCCCCCCOC(=O)c1ccc(OC)cc1.C=CC(=O)OCCCCCCOc1ccc(OC)cc1.C=CC(=O)OCCCCOC(=O)c1ccc(OC)cc1.C=CC(=O)OCCCCOc1ccc(OC)cc1.CC(=O)C1CCC(C(=O)Oc2ccc(OC(=O)C3CCC(C(C)=O)CC3)c3sc(-c4cc5c(C)ccc(C)c5o4)nc23)CC1. The Labute approximate surface area is 729 Å². The molecule has 27 heteroatoms. The Kier molecular flexibility index (Phi) is 45.6. The Morgan fingerprint density at radius 1 is 0.379 bits per heavy atom. The molecule has 0 unspecified atom stereocenters. The van der Waals surface area contributed by atoms with Crippen LogP contribution in [0.25, 0.3) is 32.0 Å². The van der Waals surface area contributed by atoms with Crippen LogP contribution in [-0.2, 0) is 66.8 Å². The molecule has 0 N–H and O–H groups in total. The summed E-state index contributed by atoms with van der Waals surface area (Å²) in [4.78, 5) is 121. The molecular formula is C97H117NO25S. The third kappa shape index (κ3) is 36.0. The highest BCUT2D eigenvalue weighted by Gasteiger charge is 2.33. The topological polar surface area (TPSA) is 326 Å². The number of carbonyl (C=O) groups is 10. The number of hydrogen-bond donors (Lipinski definition) is 0. The van der Waals surface area contributed by atoms with E-state index in [4.69, 9.17) is 75.7 Å². The maximum absolute atomic E-state index is 13.2. The van der Waals surface area contributed by atoms with E-state index in [1.807, 2.05) is 74.5 Å². The van der Waals surface area contributed by atoms with E-state index in [0.29, 0.717) is 166 Å². The normalized spacial score (nSPS) is 14.2. The quantitative estimate of drug-likeness (QED) is 0.0113. The first kappa shape index (κ1) is 100. The molecule has 0 radical (unpaired) electrons. The lowest BCUT2D eigenvalue weighted by molar-refractivity contribution is -0.141. The van der Waals surface area contributed by atoms with Crippen LogP contribution in [0.5, 0.6) is 46.0 Å². The monoisotopic (exact) mass is 1730 g/mol. The highest BCUT2D eigenvalue weighted by atomic mass is 32.1. The van der Waals surface area contributed by atoms with Crippen LogP contribution < -0.4 is 37.9 Å². The minimum Gasteiger partial charge on any atom is -0.497 e. The zero-order valence-electron chi connectivity index (χ0n) is 72.4. The molecule has 0 bridgehead atoms. The van der Waals surface area contributed by atoms with Crippen molar-refractivity contribution in [2.75, 3.05) is 81.3 Å². The van der Waals surface area contributed by atoms with E-state index in [0.717, 1.165) is 128 Å². The molecule has 2 heterocycles. The Morgan fingerprint density at radius 2 is 0.685 bits per heavy atom. The summed E-state index contributed by atoms with van der Waals surface area (Å²) in [5, 5.41) is 1.58. The van der Waals surface area contributed by atoms with E-state index in [1.54, 1.807) is 103 Å². The fourth-order valence-electron chi connectivity index (χ4n) is 12.7. The molecule has 666 valence electrons. The summed E-state index contributed by atoms with van der Waals surface area (Å²) in [6.07, 6.45) is 20.0. The van der Waals surface area contributed by atoms with Gasteiger partial charge in [0.05, 0.1) is 104 Å². The number of thiazole rings is 1. The average Bonchev–Trinajstić information content (AvgIpc) is 1.61. The van der Waals surface area contributed by atoms with Gasteiger partial charge in [0, 0.05) is 41.5 Å². The number of ketones is 2. The predicted molar refractivity (Wildman–Crippen MR) is 471 cm³/mol. The van der Waals surface area contributed by atoms with Gasteiger partial charge >= 0.3 is 47.8 Å². The van der Waals surface area contributed by atoms with Gasteiger partial charge in [-0.25, -0.2) is 33.8 Å². The van der Waals surface area contributed by atoms with E-state index >= 15 is 0 Å². The van der Waals surface area contributed by atoms with Crippen LogP contribution >= 0.6 is 11.3 Å². The number of ether oxygens (including phenoxy) is 14. The lowest BCUT2D eigenvalue weighted by Crippen LogP contribution is -2.28. The van der Waals surface area contributed by atoms with Crippen molar-refractivity contribution in [3.63, 3.8) is 0 Å². The molecule has 2 fully saturated rings. The molecule has 2 aliphatic carbocycles. The molecule has 10 rings (SSSR count). The van der Waals surface area contributed by atoms with Crippen LogP contribution in [0.15, 0.2) is 182 Å². The van der Waals surface area contributed by atoms with Gasteiger partial charge in [0.25, 0.3) is 0 Å². The number of aromatic nitrogens is 1. The van der Waals surface area contributed by atoms with E-state index in [2.05, 4.69) is 32.4 Å². The first-order chi connectivity index (χ1) is 59.9. The molecule has 26 nitrogen and oxygen atoms in total. The van der Waals surface area contributed by atoms with Crippen LogP contribution in [0.3, 0.4) is 0 Å². The second kappa shape index (κ2) is 56.3. The van der Waals surface area contributed by atoms with Gasteiger partial charge in [-0.05, 0) is 282 Å². The number of rotatable bonds is 43. The Balaban J connectivity index is 0.000000255. The summed E-state index contributed by atoms with van der Waals surface area (Å²) in [6.45, 7) is 24.0. The van der Waals surface area contributed by atoms with E-state index < -0.39 is 11.9 Å². The van der Waals surface area contributed by atoms with Crippen molar-refractivity contribution in [3.8, 4) is 56.8 Å². The Hall–Kier alpha value is -12.4. The molecule has 8 aromatic rings. The van der Waals surface area contributed by atoms with Crippen LogP contribution in [0.2, 0.25) is 0 Å². The summed E-state index contributed by atoms with van der Waals surface area (Å²) in [7, 11) is 6.40. The number of carbonyl (C=O) groups excluding carboxylic acids is 10. The summed E-state index contributed by atoms with van der Waals surface area (Å²) >= 11 is 1.32. The van der Waals surface area contributed by atoms with E-state index in [9.17, 15) is 47.9 Å². The molecule has 0 saturated heterocycles. The molecule has 0 amide bonds. The van der Waals surface area contributed by atoms with Crippen molar-refractivity contribution in [3.05, 3.63) is 200 Å². The van der Waals surface area contributed by atoms with Crippen molar-refractivity contribution < 1.29 is 119 Å². The van der Waals surface area contributed by atoms with Gasteiger partial charge < -0.3 is 70.7 Å². The fraction of sp³-hybridized carbons (Fsp3) is 0.412. The average molecular weight is 1730 g/mol. The van der Waals surface area contributed by atoms with Gasteiger partial charge in [0.1, 0.15) is 61.9 Å². The van der Waals surface area contributed by atoms with Gasteiger partial charge in [0.15, 0.2) is 22.3 Å². The predicted octanol–water partition coefficient (Wildman–Crippen LogP) is 19.4. The minimum absolute atomic E-state index is 0.00872. The number of nitrogens with zero attached hydrogens (tertiary/aromatic N) is 1.